The number of benzene rings is 1. The quantitative estimate of drug-likeness (QED) is 0.520. The van der Waals surface area contributed by atoms with Gasteiger partial charge in [0.1, 0.15) is 34.8 Å². The van der Waals surface area contributed by atoms with Crippen molar-refractivity contribution in [1.29, 1.82) is 0 Å². The molecule has 4 aromatic rings. The molecule has 0 aliphatic heterocycles. The Morgan fingerprint density at radius 3 is 2.38 bits per heavy atom. The van der Waals surface area contributed by atoms with Gasteiger partial charge >= 0.3 is 0 Å². The highest BCUT2D eigenvalue weighted by Crippen LogP contribution is 2.25. The van der Waals surface area contributed by atoms with Gasteiger partial charge in [0.2, 0.25) is 0 Å². The summed E-state index contributed by atoms with van der Waals surface area (Å²) >= 11 is 0. The van der Waals surface area contributed by atoms with Crippen molar-refractivity contribution >= 4 is 22.8 Å². The summed E-state index contributed by atoms with van der Waals surface area (Å²) in [6, 6.07) is 17.3. The fourth-order valence-electron chi connectivity index (χ4n) is 3.36. The Balaban J connectivity index is 1.69. The Morgan fingerprint density at radius 2 is 1.69 bits per heavy atom. The van der Waals surface area contributed by atoms with Crippen molar-refractivity contribution in [1.82, 2.24) is 19.5 Å². The summed E-state index contributed by atoms with van der Waals surface area (Å²) in [5.74, 6) is 2.49. The average molecular weight is 388 g/mol. The summed E-state index contributed by atoms with van der Waals surface area (Å²) in [7, 11) is 0. The Hall–Kier alpha value is -3.61. The molecule has 29 heavy (non-hydrogen) atoms. The minimum Gasteiger partial charge on any atom is -0.489 e. The van der Waals surface area contributed by atoms with Crippen LogP contribution in [0, 0.1) is 6.92 Å². The molecule has 0 bridgehead atoms. The van der Waals surface area contributed by atoms with Crippen molar-refractivity contribution in [2.45, 2.75) is 32.9 Å². The first-order chi connectivity index (χ1) is 14.0. The van der Waals surface area contributed by atoms with Crippen LogP contribution in [0.25, 0.3) is 22.4 Å². The second-order valence-corrected chi connectivity index (χ2v) is 6.98. The molecule has 7 nitrogen and oxygen atoms in total. The number of fused-ring (bicyclic) bond motifs is 1. The number of aryl methyl sites for hydroxylation is 1. The number of imidazole rings is 1. The zero-order chi connectivity index (χ0) is 20.4. The lowest BCUT2D eigenvalue weighted by Gasteiger charge is -2.19. The molecule has 1 atom stereocenters. The lowest BCUT2D eigenvalue weighted by atomic mass is 10.1. The van der Waals surface area contributed by atoms with E-state index in [9.17, 15) is 0 Å². The highest BCUT2D eigenvalue weighted by molar-refractivity contribution is 5.77. The molecule has 0 radical (unpaired) electrons. The molecule has 1 aromatic carbocycles. The van der Waals surface area contributed by atoms with Crippen LogP contribution in [0.3, 0.4) is 0 Å². The van der Waals surface area contributed by atoms with Crippen LogP contribution >= 0.6 is 0 Å². The minimum absolute atomic E-state index is 0.00571. The monoisotopic (exact) mass is 388 g/mol. The van der Waals surface area contributed by atoms with Gasteiger partial charge in [-0.25, -0.2) is 15.0 Å². The van der Waals surface area contributed by atoms with Gasteiger partial charge in [-0.2, -0.15) is 0 Å². The maximum Gasteiger partial charge on any atom is 0.160 e. The molecular formula is C22H24N6O. The smallest absolute Gasteiger partial charge is 0.160 e. The highest BCUT2D eigenvalue weighted by Gasteiger charge is 2.16. The molecule has 0 saturated carbocycles. The molecule has 0 unspecified atom stereocenters. The molecule has 7 heteroatoms. The number of nitrogen functional groups attached to an aromatic ring is 2. The van der Waals surface area contributed by atoms with E-state index in [4.69, 9.17) is 21.2 Å². The zero-order valence-corrected chi connectivity index (χ0v) is 16.5. The number of anilines is 2. The lowest BCUT2D eigenvalue weighted by molar-refractivity contribution is 0.176. The normalized spacial score (nSPS) is 12.2. The van der Waals surface area contributed by atoms with Crippen LogP contribution in [0.15, 0.2) is 54.6 Å². The van der Waals surface area contributed by atoms with Crippen LogP contribution in [0.5, 0.6) is 5.75 Å². The van der Waals surface area contributed by atoms with E-state index in [1.165, 1.54) is 0 Å². The summed E-state index contributed by atoms with van der Waals surface area (Å²) < 4.78 is 8.27. The van der Waals surface area contributed by atoms with Gasteiger partial charge in [-0.05, 0) is 49.7 Å². The zero-order valence-electron chi connectivity index (χ0n) is 16.5. The topological polar surface area (TPSA) is 105 Å². The standard InChI is InChI=1S/C22H24N6O/c1-3-16(29-17-7-5-4-6-8-17)13-28-14(2)25-19-10-9-18(26-22(19)28)15-11-20(23)27-21(24)12-15/h4-12,16H,3,13H2,1-2H3,(H4,23,24,27)/t16-/m1/s1. The number of nitrogens with two attached hydrogens (primary N) is 2. The second kappa shape index (κ2) is 7.79. The summed E-state index contributed by atoms with van der Waals surface area (Å²) in [5, 5.41) is 0. The molecule has 0 amide bonds. The van der Waals surface area contributed by atoms with E-state index in [2.05, 4.69) is 21.5 Å². The van der Waals surface area contributed by atoms with Crippen LogP contribution in [-0.2, 0) is 6.54 Å². The van der Waals surface area contributed by atoms with Crippen molar-refractivity contribution in [3.63, 3.8) is 0 Å². The van der Waals surface area contributed by atoms with Crippen molar-refractivity contribution < 1.29 is 4.74 Å². The first-order valence-corrected chi connectivity index (χ1v) is 9.62. The Bertz CT molecular complexity index is 1120. The van der Waals surface area contributed by atoms with Gasteiger partial charge in [0.15, 0.2) is 5.65 Å². The number of nitrogens with zero attached hydrogens (tertiary/aromatic N) is 4. The number of hydrogen-bond acceptors (Lipinski definition) is 6. The molecule has 4 rings (SSSR count). The third-order valence-corrected chi connectivity index (χ3v) is 4.83. The maximum atomic E-state index is 6.17. The van der Waals surface area contributed by atoms with Crippen LogP contribution in [0.4, 0.5) is 11.6 Å². The third-order valence-electron chi connectivity index (χ3n) is 4.83. The van der Waals surface area contributed by atoms with Crippen LogP contribution < -0.4 is 16.2 Å². The number of aromatic nitrogens is 4. The van der Waals surface area contributed by atoms with Crippen LogP contribution in [0.1, 0.15) is 19.2 Å². The van der Waals surface area contributed by atoms with E-state index in [1.807, 2.05) is 49.4 Å². The predicted octanol–water partition coefficient (Wildman–Crippen LogP) is 3.82. The van der Waals surface area contributed by atoms with Gasteiger partial charge in [-0.15, -0.1) is 0 Å². The maximum absolute atomic E-state index is 6.17. The highest BCUT2D eigenvalue weighted by atomic mass is 16.5. The minimum atomic E-state index is 0.00571. The number of para-hydroxylation sites is 1. The van der Waals surface area contributed by atoms with Crippen LogP contribution in [0.2, 0.25) is 0 Å². The molecular weight excluding hydrogens is 364 g/mol. The Morgan fingerprint density at radius 1 is 0.966 bits per heavy atom. The predicted molar refractivity (Wildman–Crippen MR) is 115 cm³/mol. The molecule has 0 spiro atoms. The lowest BCUT2D eigenvalue weighted by Crippen LogP contribution is -2.23. The van der Waals surface area contributed by atoms with E-state index < -0.39 is 0 Å². The largest absolute Gasteiger partial charge is 0.489 e. The fourth-order valence-corrected chi connectivity index (χ4v) is 3.36. The summed E-state index contributed by atoms with van der Waals surface area (Å²) in [6.07, 6.45) is 0.872. The van der Waals surface area contributed by atoms with Crippen LogP contribution in [-0.4, -0.2) is 25.6 Å². The van der Waals surface area contributed by atoms with E-state index in [1.54, 1.807) is 12.1 Å². The molecule has 148 valence electrons. The van der Waals surface area contributed by atoms with Gasteiger partial charge in [0.25, 0.3) is 0 Å². The van der Waals surface area contributed by atoms with E-state index in [0.717, 1.165) is 40.4 Å². The number of ether oxygens (including phenoxy) is 1. The van der Waals surface area contributed by atoms with Crippen molar-refractivity contribution in [3.05, 3.63) is 60.4 Å². The van der Waals surface area contributed by atoms with Gasteiger partial charge < -0.3 is 20.8 Å². The summed E-state index contributed by atoms with van der Waals surface area (Å²) in [6.45, 7) is 4.76. The SMILES string of the molecule is CC[C@H](Cn1c(C)nc2ccc(-c3cc(N)nc(N)c3)nc21)Oc1ccccc1. The van der Waals surface area contributed by atoms with Crippen molar-refractivity contribution in [3.8, 4) is 17.0 Å². The van der Waals surface area contributed by atoms with Gasteiger partial charge in [-0.3, -0.25) is 0 Å². The molecule has 4 N–H and O–H groups in total. The summed E-state index contributed by atoms with van der Waals surface area (Å²) in [5.41, 5.74) is 15.0. The molecule has 3 aromatic heterocycles. The third kappa shape index (κ3) is 3.99. The van der Waals surface area contributed by atoms with Crippen molar-refractivity contribution in [2.75, 3.05) is 11.5 Å². The van der Waals surface area contributed by atoms with E-state index in [-0.39, 0.29) is 6.10 Å². The van der Waals surface area contributed by atoms with E-state index in [0.29, 0.717) is 18.2 Å². The van der Waals surface area contributed by atoms with Gasteiger partial charge in [-0.1, -0.05) is 25.1 Å². The molecule has 0 aliphatic carbocycles. The molecule has 3 heterocycles. The summed E-state index contributed by atoms with van der Waals surface area (Å²) in [4.78, 5) is 13.5. The van der Waals surface area contributed by atoms with Gasteiger partial charge in [0.05, 0.1) is 12.2 Å². The first kappa shape index (κ1) is 18.7. The fraction of sp³-hybridized carbons (Fsp3) is 0.227. The number of hydrogen-bond donors (Lipinski definition) is 2. The first-order valence-electron chi connectivity index (χ1n) is 9.62. The van der Waals surface area contributed by atoms with Crippen molar-refractivity contribution in [2.24, 2.45) is 0 Å². The number of rotatable bonds is 6. The second-order valence-electron chi connectivity index (χ2n) is 6.98. The molecule has 0 fully saturated rings. The van der Waals surface area contributed by atoms with Gasteiger partial charge in [0, 0.05) is 5.56 Å². The van der Waals surface area contributed by atoms with E-state index >= 15 is 0 Å². The molecule has 0 saturated heterocycles. The Labute approximate surface area is 169 Å². The average Bonchev–Trinajstić information content (AvgIpc) is 3.02. The molecule has 0 aliphatic rings. The number of pyridine rings is 2. The Kier molecular flexibility index (Phi) is 5.03.